The maximum atomic E-state index is 11.0. The summed E-state index contributed by atoms with van der Waals surface area (Å²) in [4.78, 5) is 19.7. The first kappa shape index (κ1) is 12.8. The Morgan fingerprint density at radius 3 is 2.61 bits per heavy atom. The summed E-state index contributed by atoms with van der Waals surface area (Å²) in [6, 6.07) is 0. The van der Waals surface area contributed by atoms with Crippen molar-refractivity contribution < 1.29 is 9.90 Å². The van der Waals surface area contributed by atoms with Crippen molar-refractivity contribution in [2.75, 3.05) is 5.32 Å². The number of carbonyl (C=O) groups is 1. The summed E-state index contributed by atoms with van der Waals surface area (Å²) in [5.74, 6) is -0.0811. The van der Waals surface area contributed by atoms with Crippen LogP contribution in [-0.2, 0) is 4.79 Å². The number of rotatable bonds is 4. The van der Waals surface area contributed by atoms with Gasteiger partial charge in [-0.1, -0.05) is 12.8 Å². The van der Waals surface area contributed by atoms with Gasteiger partial charge in [-0.05, 0) is 26.7 Å². The van der Waals surface area contributed by atoms with Crippen molar-refractivity contribution in [2.45, 2.75) is 51.5 Å². The summed E-state index contributed by atoms with van der Waals surface area (Å²) in [6.45, 7) is 3.82. The number of anilines is 1. The fourth-order valence-corrected chi connectivity index (χ4v) is 2.56. The highest BCUT2D eigenvalue weighted by Gasteiger charge is 2.36. The maximum Gasteiger partial charge on any atom is 0.305 e. The molecule has 1 aromatic rings. The van der Waals surface area contributed by atoms with Gasteiger partial charge in [0.15, 0.2) is 0 Å². The van der Waals surface area contributed by atoms with E-state index in [0.717, 1.165) is 37.1 Å². The Balaban J connectivity index is 2.18. The second kappa shape index (κ2) is 4.92. The molecule has 0 aromatic carbocycles. The summed E-state index contributed by atoms with van der Waals surface area (Å²) in [5.41, 5.74) is 1.44. The van der Waals surface area contributed by atoms with Crippen LogP contribution in [-0.4, -0.2) is 26.6 Å². The Morgan fingerprint density at radius 1 is 1.39 bits per heavy atom. The van der Waals surface area contributed by atoms with Gasteiger partial charge in [0, 0.05) is 5.54 Å². The predicted octanol–water partition coefficient (Wildman–Crippen LogP) is 2.29. The lowest BCUT2D eigenvalue weighted by atomic mass is 9.93. The van der Waals surface area contributed by atoms with E-state index < -0.39 is 5.97 Å². The van der Waals surface area contributed by atoms with E-state index in [2.05, 4.69) is 15.3 Å². The summed E-state index contributed by atoms with van der Waals surface area (Å²) in [6.07, 6.45) is 5.73. The molecule has 5 heteroatoms. The lowest BCUT2D eigenvalue weighted by molar-refractivity contribution is -0.138. The van der Waals surface area contributed by atoms with Gasteiger partial charge in [-0.15, -0.1) is 0 Å². The first-order valence-electron chi connectivity index (χ1n) is 6.31. The van der Waals surface area contributed by atoms with Crippen LogP contribution in [0.2, 0.25) is 0 Å². The average Bonchev–Trinajstić information content (AvgIpc) is 2.71. The fourth-order valence-electron chi connectivity index (χ4n) is 2.56. The van der Waals surface area contributed by atoms with Crippen LogP contribution >= 0.6 is 0 Å². The third kappa shape index (κ3) is 2.78. The minimum absolute atomic E-state index is 0.140. The van der Waals surface area contributed by atoms with Crippen molar-refractivity contribution in [1.82, 2.24) is 9.97 Å². The van der Waals surface area contributed by atoms with Crippen LogP contribution in [0.5, 0.6) is 0 Å². The Hall–Kier alpha value is -1.65. The van der Waals surface area contributed by atoms with E-state index in [1.54, 1.807) is 6.20 Å². The highest BCUT2D eigenvalue weighted by molar-refractivity contribution is 5.69. The lowest BCUT2D eigenvalue weighted by Crippen LogP contribution is -2.38. The summed E-state index contributed by atoms with van der Waals surface area (Å²) in [7, 11) is 0. The normalized spacial score (nSPS) is 17.7. The smallest absolute Gasteiger partial charge is 0.305 e. The summed E-state index contributed by atoms with van der Waals surface area (Å²) >= 11 is 0. The van der Waals surface area contributed by atoms with E-state index in [1.165, 1.54) is 0 Å². The molecule has 98 valence electrons. The molecule has 1 aliphatic carbocycles. The molecule has 0 amide bonds. The van der Waals surface area contributed by atoms with Gasteiger partial charge >= 0.3 is 5.97 Å². The molecular weight excluding hydrogens is 230 g/mol. The van der Waals surface area contributed by atoms with E-state index in [9.17, 15) is 4.79 Å². The van der Waals surface area contributed by atoms with Crippen LogP contribution in [0.4, 0.5) is 5.82 Å². The molecule has 5 nitrogen and oxygen atoms in total. The summed E-state index contributed by atoms with van der Waals surface area (Å²) < 4.78 is 0. The van der Waals surface area contributed by atoms with Gasteiger partial charge in [-0.2, -0.15) is 0 Å². The molecule has 2 N–H and O–H groups in total. The molecule has 0 bridgehead atoms. The third-order valence-corrected chi connectivity index (χ3v) is 3.64. The molecule has 0 atom stereocenters. The SMILES string of the molecule is Cc1ncc(NC2(CC(=O)O)CCCC2)nc1C. The molecule has 0 spiro atoms. The molecular formula is C13H19N3O2. The molecule has 2 rings (SSSR count). The molecule has 1 heterocycles. The van der Waals surface area contributed by atoms with Crippen molar-refractivity contribution in [3.63, 3.8) is 0 Å². The zero-order chi connectivity index (χ0) is 13.2. The first-order valence-corrected chi connectivity index (χ1v) is 6.31. The number of aryl methyl sites for hydroxylation is 2. The average molecular weight is 249 g/mol. The van der Waals surface area contributed by atoms with Gasteiger partial charge in [0.05, 0.1) is 24.0 Å². The fraction of sp³-hybridized carbons (Fsp3) is 0.615. The number of hydrogen-bond acceptors (Lipinski definition) is 4. The predicted molar refractivity (Wildman–Crippen MR) is 68.6 cm³/mol. The standard InChI is InChI=1S/C13H19N3O2/c1-9-10(2)15-11(8-14-9)16-13(7-12(17)18)5-3-4-6-13/h8H,3-7H2,1-2H3,(H,15,16)(H,17,18). The number of aromatic nitrogens is 2. The molecule has 18 heavy (non-hydrogen) atoms. The highest BCUT2D eigenvalue weighted by Crippen LogP contribution is 2.35. The van der Waals surface area contributed by atoms with Crippen LogP contribution in [0.15, 0.2) is 6.20 Å². The number of aliphatic carboxylic acids is 1. The number of carboxylic acids is 1. The molecule has 1 fully saturated rings. The molecule has 1 aromatic heterocycles. The van der Waals surface area contributed by atoms with Crippen LogP contribution in [0.1, 0.15) is 43.5 Å². The lowest BCUT2D eigenvalue weighted by Gasteiger charge is -2.29. The van der Waals surface area contributed by atoms with Crippen LogP contribution < -0.4 is 5.32 Å². The van der Waals surface area contributed by atoms with Crippen molar-refractivity contribution in [2.24, 2.45) is 0 Å². The molecule has 0 unspecified atom stereocenters. The minimum Gasteiger partial charge on any atom is -0.481 e. The van der Waals surface area contributed by atoms with Crippen molar-refractivity contribution in [3.05, 3.63) is 17.6 Å². The minimum atomic E-state index is -0.763. The van der Waals surface area contributed by atoms with Gasteiger partial charge in [-0.3, -0.25) is 9.78 Å². The number of nitrogens with zero attached hydrogens (tertiary/aromatic N) is 2. The van der Waals surface area contributed by atoms with E-state index in [1.807, 2.05) is 13.8 Å². The molecule has 1 saturated carbocycles. The highest BCUT2D eigenvalue weighted by atomic mass is 16.4. The van der Waals surface area contributed by atoms with Gasteiger partial charge in [0.2, 0.25) is 0 Å². The first-order chi connectivity index (χ1) is 8.51. The maximum absolute atomic E-state index is 11.0. The zero-order valence-corrected chi connectivity index (χ0v) is 10.9. The number of nitrogens with one attached hydrogen (secondary N) is 1. The topological polar surface area (TPSA) is 75.1 Å². The quantitative estimate of drug-likeness (QED) is 0.856. The van der Waals surface area contributed by atoms with Gasteiger partial charge < -0.3 is 10.4 Å². The Morgan fingerprint density at radius 2 is 2.06 bits per heavy atom. The van der Waals surface area contributed by atoms with Crippen molar-refractivity contribution >= 4 is 11.8 Å². The number of carboxylic acid groups (broad SMARTS) is 1. The number of hydrogen-bond donors (Lipinski definition) is 2. The van der Waals surface area contributed by atoms with Crippen molar-refractivity contribution in [1.29, 1.82) is 0 Å². The molecule has 0 radical (unpaired) electrons. The van der Waals surface area contributed by atoms with Gasteiger partial charge in [0.1, 0.15) is 5.82 Å². The van der Waals surface area contributed by atoms with Crippen LogP contribution in [0, 0.1) is 13.8 Å². The van der Waals surface area contributed by atoms with Crippen LogP contribution in [0.25, 0.3) is 0 Å². The van der Waals surface area contributed by atoms with E-state index in [0.29, 0.717) is 5.82 Å². The van der Waals surface area contributed by atoms with E-state index >= 15 is 0 Å². The van der Waals surface area contributed by atoms with E-state index in [4.69, 9.17) is 5.11 Å². The molecule has 0 aliphatic heterocycles. The third-order valence-electron chi connectivity index (χ3n) is 3.64. The Kier molecular flexibility index (Phi) is 3.50. The monoisotopic (exact) mass is 249 g/mol. The van der Waals surface area contributed by atoms with E-state index in [-0.39, 0.29) is 12.0 Å². The van der Waals surface area contributed by atoms with Gasteiger partial charge in [-0.25, -0.2) is 4.98 Å². The molecule has 0 saturated heterocycles. The second-order valence-corrected chi connectivity index (χ2v) is 5.11. The Labute approximate surface area is 107 Å². The van der Waals surface area contributed by atoms with Crippen LogP contribution in [0.3, 0.4) is 0 Å². The van der Waals surface area contributed by atoms with Crippen molar-refractivity contribution in [3.8, 4) is 0 Å². The zero-order valence-electron chi connectivity index (χ0n) is 10.9. The Bertz CT molecular complexity index is 454. The molecule has 1 aliphatic rings. The second-order valence-electron chi connectivity index (χ2n) is 5.11. The summed E-state index contributed by atoms with van der Waals surface area (Å²) in [5, 5.41) is 12.3. The van der Waals surface area contributed by atoms with Gasteiger partial charge in [0.25, 0.3) is 0 Å². The largest absolute Gasteiger partial charge is 0.481 e.